The van der Waals surface area contributed by atoms with Crippen molar-refractivity contribution < 1.29 is 23.7 Å². The molecule has 3 N–H and O–H groups in total. The molecule has 102 valence electrons. The molecule has 0 saturated carbocycles. The molecule has 1 aromatic carbocycles. The molecule has 19 heavy (non-hydrogen) atoms. The molecule has 1 unspecified atom stereocenters. The number of nitrogens with one attached hydrogen (secondary N) is 1. The second kappa shape index (κ2) is 4.85. The average molecular weight is 266 g/mol. The Morgan fingerprint density at radius 3 is 2.84 bits per heavy atom. The van der Waals surface area contributed by atoms with Crippen LogP contribution in [0.5, 0.6) is 17.2 Å². The van der Waals surface area contributed by atoms with Gasteiger partial charge in [-0.2, -0.15) is 0 Å². The summed E-state index contributed by atoms with van der Waals surface area (Å²) in [6.07, 6.45) is -0.707. The molecule has 7 nitrogen and oxygen atoms in total. The second-order valence-corrected chi connectivity index (χ2v) is 4.24. The number of fused-ring (bicyclic) bond motifs is 1. The normalized spacial score (nSPS) is 20.1. The minimum atomic E-state index is -0.418. The van der Waals surface area contributed by atoms with E-state index in [1.54, 1.807) is 12.1 Å². The highest BCUT2D eigenvalue weighted by Gasteiger charge is 2.24. The number of carbonyl (C=O) groups is 1. The third-order valence-electron chi connectivity index (χ3n) is 2.95. The lowest BCUT2D eigenvalue weighted by atomic mass is 10.1. The number of cyclic esters (lactones) is 1. The first-order chi connectivity index (χ1) is 9.26. The molecular formula is C12H14N2O5. The van der Waals surface area contributed by atoms with Crippen LogP contribution in [0.25, 0.3) is 0 Å². The average Bonchev–Trinajstić information content (AvgIpc) is 3.03. The van der Waals surface area contributed by atoms with Gasteiger partial charge in [-0.3, -0.25) is 0 Å². The van der Waals surface area contributed by atoms with Crippen LogP contribution in [-0.2, 0) is 11.3 Å². The zero-order chi connectivity index (χ0) is 13.2. The Morgan fingerprint density at radius 1 is 1.37 bits per heavy atom. The maximum atomic E-state index is 10.9. The van der Waals surface area contributed by atoms with Crippen molar-refractivity contribution in [1.29, 1.82) is 0 Å². The molecule has 2 heterocycles. The maximum Gasteiger partial charge on any atom is 0.407 e. The standard InChI is InChI=1S/C12H14N2O5/c13-3-7-1-10-11(18-6-17-10)2-9(7)16-5-8-4-14-12(15)19-8/h1-2,8H,3-6,13H2,(H,14,15). The van der Waals surface area contributed by atoms with Crippen LogP contribution in [-0.4, -0.2) is 32.1 Å². The summed E-state index contributed by atoms with van der Waals surface area (Å²) in [7, 11) is 0. The van der Waals surface area contributed by atoms with Gasteiger partial charge in [-0.15, -0.1) is 0 Å². The summed E-state index contributed by atoms with van der Waals surface area (Å²) < 4.78 is 21.2. The third-order valence-corrected chi connectivity index (χ3v) is 2.95. The highest BCUT2D eigenvalue weighted by Crippen LogP contribution is 2.38. The van der Waals surface area contributed by atoms with Crippen molar-refractivity contribution in [3.05, 3.63) is 17.7 Å². The van der Waals surface area contributed by atoms with E-state index in [1.807, 2.05) is 0 Å². The van der Waals surface area contributed by atoms with Crippen molar-refractivity contribution >= 4 is 6.09 Å². The fraction of sp³-hybridized carbons (Fsp3) is 0.417. The lowest BCUT2D eigenvalue weighted by Gasteiger charge is -2.13. The second-order valence-electron chi connectivity index (χ2n) is 4.24. The van der Waals surface area contributed by atoms with Crippen molar-refractivity contribution in [2.45, 2.75) is 12.6 Å². The molecule has 1 aromatic rings. The summed E-state index contributed by atoms with van der Waals surface area (Å²) >= 11 is 0. The summed E-state index contributed by atoms with van der Waals surface area (Å²) in [6, 6.07) is 3.55. The van der Waals surface area contributed by atoms with Gasteiger partial charge < -0.3 is 30.0 Å². The third kappa shape index (κ3) is 2.37. The van der Waals surface area contributed by atoms with Gasteiger partial charge >= 0.3 is 6.09 Å². The van der Waals surface area contributed by atoms with Crippen LogP contribution >= 0.6 is 0 Å². The topological polar surface area (TPSA) is 92.0 Å². The molecule has 3 rings (SSSR count). The van der Waals surface area contributed by atoms with Gasteiger partial charge in [-0.25, -0.2) is 4.79 Å². The number of ether oxygens (including phenoxy) is 4. The molecule has 2 aliphatic heterocycles. The Bertz CT molecular complexity index is 505. The highest BCUT2D eigenvalue weighted by atomic mass is 16.7. The summed E-state index contributed by atoms with van der Waals surface area (Å²) in [5.74, 6) is 1.92. The van der Waals surface area contributed by atoms with Crippen LogP contribution in [0.4, 0.5) is 4.79 Å². The maximum absolute atomic E-state index is 10.9. The Morgan fingerprint density at radius 2 is 2.16 bits per heavy atom. The lowest BCUT2D eigenvalue weighted by molar-refractivity contribution is 0.104. The van der Waals surface area contributed by atoms with Crippen molar-refractivity contribution in [2.75, 3.05) is 19.9 Å². The van der Waals surface area contributed by atoms with Crippen LogP contribution in [0.3, 0.4) is 0 Å². The zero-order valence-electron chi connectivity index (χ0n) is 10.2. The smallest absolute Gasteiger partial charge is 0.407 e. The van der Waals surface area contributed by atoms with E-state index in [2.05, 4.69) is 5.32 Å². The molecule has 1 saturated heterocycles. The van der Waals surface area contributed by atoms with Crippen LogP contribution in [0.2, 0.25) is 0 Å². The van der Waals surface area contributed by atoms with E-state index in [0.29, 0.717) is 30.3 Å². The van der Waals surface area contributed by atoms with Gasteiger partial charge in [0.2, 0.25) is 6.79 Å². The monoisotopic (exact) mass is 266 g/mol. The summed E-state index contributed by atoms with van der Waals surface area (Å²) in [4.78, 5) is 10.9. The van der Waals surface area contributed by atoms with Crippen LogP contribution < -0.4 is 25.3 Å². The number of hydrogen-bond donors (Lipinski definition) is 2. The molecule has 7 heteroatoms. The van der Waals surface area contributed by atoms with Gasteiger partial charge in [0.25, 0.3) is 0 Å². The van der Waals surface area contributed by atoms with Crippen LogP contribution in [0.15, 0.2) is 12.1 Å². The number of alkyl carbamates (subject to hydrolysis) is 1. The minimum absolute atomic E-state index is 0.201. The Balaban J connectivity index is 1.71. The molecule has 0 aromatic heterocycles. The summed E-state index contributed by atoms with van der Waals surface area (Å²) in [6.45, 7) is 1.24. The van der Waals surface area contributed by atoms with E-state index in [9.17, 15) is 4.79 Å². The van der Waals surface area contributed by atoms with Gasteiger partial charge in [-0.05, 0) is 6.07 Å². The quantitative estimate of drug-likeness (QED) is 0.817. The number of rotatable bonds is 4. The van der Waals surface area contributed by atoms with Gasteiger partial charge in [0.1, 0.15) is 12.4 Å². The first-order valence-corrected chi connectivity index (χ1v) is 5.96. The van der Waals surface area contributed by atoms with Crippen molar-refractivity contribution in [3.8, 4) is 17.2 Å². The molecule has 0 spiro atoms. The van der Waals surface area contributed by atoms with E-state index in [-0.39, 0.29) is 19.5 Å². The van der Waals surface area contributed by atoms with Crippen molar-refractivity contribution in [1.82, 2.24) is 5.32 Å². The van der Waals surface area contributed by atoms with Crippen molar-refractivity contribution in [2.24, 2.45) is 5.73 Å². The Hall–Kier alpha value is -2.15. The molecule has 2 aliphatic rings. The predicted molar refractivity (Wildman–Crippen MR) is 64.2 cm³/mol. The molecule has 1 atom stereocenters. The molecular weight excluding hydrogens is 252 g/mol. The van der Waals surface area contributed by atoms with E-state index >= 15 is 0 Å². The van der Waals surface area contributed by atoms with Gasteiger partial charge in [0.05, 0.1) is 6.54 Å². The number of hydrogen-bond acceptors (Lipinski definition) is 6. The lowest BCUT2D eigenvalue weighted by Crippen LogP contribution is -2.22. The molecule has 0 aliphatic carbocycles. The highest BCUT2D eigenvalue weighted by molar-refractivity contribution is 5.69. The molecule has 0 bridgehead atoms. The minimum Gasteiger partial charge on any atom is -0.489 e. The van der Waals surface area contributed by atoms with Gasteiger partial charge in [0, 0.05) is 18.2 Å². The van der Waals surface area contributed by atoms with E-state index in [4.69, 9.17) is 24.7 Å². The summed E-state index contributed by atoms with van der Waals surface area (Å²) in [5, 5.41) is 2.57. The number of amides is 1. The number of carbonyl (C=O) groups excluding carboxylic acids is 1. The SMILES string of the molecule is NCc1cc2c(cc1OCC1CNC(=O)O1)OCO2. The Kier molecular flexibility index (Phi) is 3.04. The van der Waals surface area contributed by atoms with Gasteiger partial charge in [0.15, 0.2) is 17.6 Å². The Labute approximate surface area is 109 Å². The van der Waals surface area contributed by atoms with Gasteiger partial charge in [-0.1, -0.05) is 0 Å². The fourth-order valence-electron chi connectivity index (χ4n) is 1.97. The van der Waals surface area contributed by atoms with E-state index in [1.165, 1.54) is 0 Å². The number of nitrogens with two attached hydrogens (primary N) is 1. The molecule has 0 radical (unpaired) electrons. The number of benzene rings is 1. The molecule has 1 amide bonds. The summed E-state index contributed by atoms with van der Waals surface area (Å²) in [5.41, 5.74) is 6.50. The van der Waals surface area contributed by atoms with E-state index in [0.717, 1.165) is 5.56 Å². The fourth-order valence-corrected chi connectivity index (χ4v) is 1.97. The van der Waals surface area contributed by atoms with Crippen LogP contribution in [0.1, 0.15) is 5.56 Å². The first kappa shape index (κ1) is 11.9. The first-order valence-electron chi connectivity index (χ1n) is 5.96. The zero-order valence-corrected chi connectivity index (χ0v) is 10.2. The van der Waals surface area contributed by atoms with Crippen LogP contribution in [0, 0.1) is 0 Å². The largest absolute Gasteiger partial charge is 0.489 e. The van der Waals surface area contributed by atoms with E-state index < -0.39 is 6.09 Å². The predicted octanol–water partition coefficient (Wildman–Crippen LogP) is 0.361. The van der Waals surface area contributed by atoms with Crippen molar-refractivity contribution in [3.63, 3.8) is 0 Å². The molecule has 1 fully saturated rings.